The summed E-state index contributed by atoms with van der Waals surface area (Å²) in [4.78, 5) is 24.1. The first-order chi connectivity index (χ1) is 11.8. The van der Waals surface area contributed by atoms with Crippen LogP contribution in [0.5, 0.6) is 0 Å². The van der Waals surface area contributed by atoms with E-state index in [2.05, 4.69) is 5.32 Å². The van der Waals surface area contributed by atoms with Crippen LogP contribution in [0.25, 0.3) is 0 Å². The summed E-state index contributed by atoms with van der Waals surface area (Å²) in [7, 11) is 1.44. The van der Waals surface area contributed by atoms with Gasteiger partial charge in [0, 0.05) is 18.7 Å². The number of benzene rings is 2. The summed E-state index contributed by atoms with van der Waals surface area (Å²) in [6.45, 7) is 0.275. The lowest BCUT2D eigenvalue weighted by Crippen LogP contribution is -2.59. The van der Waals surface area contributed by atoms with Crippen molar-refractivity contribution in [2.24, 2.45) is 0 Å². The van der Waals surface area contributed by atoms with Crippen LogP contribution in [0, 0.1) is 15.9 Å². The van der Waals surface area contributed by atoms with Crippen LogP contribution in [0.2, 0.25) is 0 Å². The van der Waals surface area contributed by atoms with Gasteiger partial charge in [-0.15, -0.1) is 0 Å². The predicted molar refractivity (Wildman–Crippen MR) is 89.0 cm³/mol. The molecule has 1 fully saturated rings. The second-order valence-corrected chi connectivity index (χ2v) is 5.93. The van der Waals surface area contributed by atoms with Crippen LogP contribution in [-0.4, -0.2) is 36.1 Å². The Morgan fingerprint density at radius 2 is 1.92 bits per heavy atom. The van der Waals surface area contributed by atoms with Crippen molar-refractivity contribution in [3.8, 4) is 0 Å². The molecule has 25 heavy (non-hydrogen) atoms. The maximum absolute atomic E-state index is 13.0. The molecular weight excluding hydrogens is 329 g/mol. The summed E-state index contributed by atoms with van der Waals surface area (Å²) in [5.41, 5.74) is -0.338. The highest BCUT2D eigenvalue weighted by molar-refractivity contribution is 5.95. The second kappa shape index (κ2) is 6.14. The molecule has 1 amide bonds. The van der Waals surface area contributed by atoms with Crippen molar-refractivity contribution in [1.82, 2.24) is 5.32 Å². The van der Waals surface area contributed by atoms with Crippen molar-refractivity contribution in [1.29, 1.82) is 0 Å². The summed E-state index contributed by atoms with van der Waals surface area (Å²) in [6.07, 6.45) is 0. The van der Waals surface area contributed by atoms with Gasteiger partial charge in [-0.2, -0.15) is 0 Å². The van der Waals surface area contributed by atoms with E-state index >= 15 is 0 Å². The standard InChI is InChI=1S/C17H16FN3O4/c1-19-16(22)11-2-7-14(15(8-11)21(24)25)20-9-17(23,10-20)12-3-5-13(18)6-4-12/h2-8,23H,9-10H2,1H3,(H,19,22). The van der Waals surface area contributed by atoms with E-state index in [-0.39, 0.29) is 24.3 Å². The van der Waals surface area contributed by atoms with Crippen molar-refractivity contribution in [2.45, 2.75) is 5.60 Å². The molecule has 0 atom stereocenters. The number of aliphatic hydroxyl groups is 1. The van der Waals surface area contributed by atoms with E-state index in [1.54, 1.807) is 4.90 Å². The molecule has 2 aromatic rings. The third-order valence-corrected chi connectivity index (χ3v) is 4.29. The lowest BCUT2D eigenvalue weighted by atomic mass is 9.85. The molecule has 1 saturated heterocycles. The van der Waals surface area contributed by atoms with Gasteiger partial charge in [0.25, 0.3) is 11.6 Å². The SMILES string of the molecule is CNC(=O)c1ccc(N2CC(O)(c3ccc(F)cc3)C2)c([N+](=O)[O-])c1. The first kappa shape index (κ1) is 16.8. The third-order valence-electron chi connectivity index (χ3n) is 4.29. The number of amides is 1. The van der Waals surface area contributed by atoms with Crippen LogP contribution in [0.15, 0.2) is 42.5 Å². The highest BCUT2D eigenvalue weighted by atomic mass is 19.1. The Hall–Kier alpha value is -3.00. The molecule has 0 aliphatic carbocycles. The normalized spacial score (nSPS) is 15.4. The smallest absolute Gasteiger partial charge is 0.293 e. The Labute approximate surface area is 142 Å². The topological polar surface area (TPSA) is 95.7 Å². The number of nitro groups is 1. The number of hydrogen-bond acceptors (Lipinski definition) is 5. The molecule has 1 heterocycles. The zero-order valence-electron chi connectivity index (χ0n) is 13.4. The second-order valence-electron chi connectivity index (χ2n) is 5.93. The molecule has 2 aromatic carbocycles. The summed E-state index contributed by atoms with van der Waals surface area (Å²) < 4.78 is 13.0. The van der Waals surface area contributed by atoms with Gasteiger partial charge in [-0.3, -0.25) is 14.9 Å². The van der Waals surface area contributed by atoms with Crippen LogP contribution in [0.4, 0.5) is 15.8 Å². The van der Waals surface area contributed by atoms with Gasteiger partial charge in [-0.1, -0.05) is 12.1 Å². The van der Waals surface area contributed by atoms with Crippen molar-refractivity contribution in [3.63, 3.8) is 0 Å². The van der Waals surface area contributed by atoms with Crippen LogP contribution in [0.3, 0.4) is 0 Å². The number of hydrogen-bond donors (Lipinski definition) is 2. The zero-order valence-corrected chi connectivity index (χ0v) is 13.4. The quantitative estimate of drug-likeness (QED) is 0.651. The molecule has 0 radical (unpaired) electrons. The lowest BCUT2D eigenvalue weighted by Gasteiger charge is -2.47. The van der Waals surface area contributed by atoms with E-state index in [1.807, 2.05) is 0 Å². The van der Waals surface area contributed by atoms with E-state index in [1.165, 1.54) is 49.5 Å². The minimum Gasteiger partial charge on any atom is -0.381 e. The summed E-state index contributed by atoms with van der Waals surface area (Å²) in [5, 5.41) is 24.4. The average Bonchev–Trinajstić information content (AvgIpc) is 2.58. The zero-order chi connectivity index (χ0) is 18.2. The number of nitrogens with one attached hydrogen (secondary N) is 1. The van der Waals surface area contributed by atoms with Crippen molar-refractivity contribution in [2.75, 3.05) is 25.0 Å². The predicted octanol–water partition coefficient (Wildman–Crippen LogP) is 1.80. The highest BCUT2D eigenvalue weighted by Crippen LogP contribution is 2.39. The number of β-amino-alcohol motifs (C(OH)–C–C–N with tert-alkyl or cyclic N) is 1. The van der Waals surface area contributed by atoms with Crippen molar-refractivity contribution < 1.29 is 19.2 Å². The third kappa shape index (κ3) is 3.03. The Bertz CT molecular complexity index is 832. The van der Waals surface area contributed by atoms with E-state index in [4.69, 9.17) is 0 Å². The van der Waals surface area contributed by atoms with Crippen LogP contribution in [-0.2, 0) is 5.60 Å². The average molecular weight is 345 g/mol. The Morgan fingerprint density at radius 3 is 2.48 bits per heavy atom. The number of nitrogens with zero attached hydrogens (tertiary/aromatic N) is 2. The fourth-order valence-corrected chi connectivity index (χ4v) is 2.92. The Balaban J connectivity index is 1.85. The van der Waals surface area contributed by atoms with Gasteiger partial charge in [-0.25, -0.2) is 4.39 Å². The number of anilines is 1. The van der Waals surface area contributed by atoms with Crippen LogP contribution in [0.1, 0.15) is 15.9 Å². The van der Waals surface area contributed by atoms with E-state index < -0.39 is 22.2 Å². The highest BCUT2D eigenvalue weighted by Gasteiger charge is 2.44. The van der Waals surface area contributed by atoms with Gasteiger partial charge in [0.1, 0.15) is 17.1 Å². The Morgan fingerprint density at radius 1 is 1.28 bits per heavy atom. The van der Waals surface area contributed by atoms with Crippen LogP contribution < -0.4 is 10.2 Å². The molecule has 8 heteroatoms. The largest absolute Gasteiger partial charge is 0.381 e. The molecule has 1 aliphatic heterocycles. The maximum Gasteiger partial charge on any atom is 0.293 e. The molecule has 0 bridgehead atoms. The van der Waals surface area contributed by atoms with Crippen molar-refractivity contribution in [3.05, 3.63) is 69.5 Å². The molecule has 0 saturated carbocycles. The summed E-state index contributed by atoms with van der Waals surface area (Å²) in [5.74, 6) is -0.815. The van der Waals surface area contributed by atoms with Gasteiger partial charge in [0.15, 0.2) is 0 Å². The molecule has 0 spiro atoms. The number of halogens is 1. The molecule has 7 nitrogen and oxygen atoms in total. The van der Waals surface area contributed by atoms with Gasteiger partial charge < -0.3 is 15.3 Å². The molecule has 0 aromatic heterocycles. The molecular formula is C17H16FN3O4. The maximum atomic E-state index is 13.0. The molecule has 1 aliphatic rings. The summed E-state index contributed by atoms with van der Waals surface area (Å²) >= 11 is 0. The van der Waals surface area contributed by atoms with E-state index in [0.29, 0.717) is 11.3 Å². The number of rotatable bonds is 4. The fourth-order valence-electron chi connectivity index (χ4n) is 2.92. The number of nitro benzene ring substituents is 1. The first-order valence-electron chi connectivity index (χ1n) is 7.58. The van der Waals surface area contributed by atoms with Gasteiger partial charge >= 0.3 is 0 Å². The summed E-state index contributed by atoms with van der Waals surface area (Å²) in [6, 6.07) is 9.71. The van der Waals surface area contributed by atoms with Gasteiger partial charge in [0.05, 0.1) is 18.0 Å². The molecule has 0 unspecified atom stereocenters. The molecule has 2 N–H and O–H groups in total. The molecule has 130 valence electrons. The monoisotopic (exact) mass is 345 g/mol. The van der Waals surface area contributed by atoms with Gasteiger partial charge in [0.2, 0.25) is 0 Å². The fraction of sp³-hybridized carbons (Fsp3) is 0.235. The number of carbonyl (C=O) groups excluding carboxylic acids is 1. The Kier molecular flexibility index (Phi) is 4.13. The van der Waals surface area contributed by atoms with Crippen LogP contribution >= 0.6 is 0 Å². The minimum atomic E-state index is -1.19. The van der Waals surface area contributed by atoms with Gasteiger partial charge in [-0.05, 0) is 29.8 Å². The molecule has 3 rings (SSSR count). The van der Waals surface area contributed by atoms with E-state index in [9.17, 15) is 24.4 Å². The van der Waals surface area contributed by atoms with E-state index in [0.717, 1.165) is 0 Å². The lowest BCUT2D eigenvalue weighted by molar-refractivity contribution is -0.384. The minimum absolute atomic E-state index is 0.138. The van der Waals surface area contributed by atoms with Crippen molar-refractivity contribution >= 4 is 17.3 Å². The number of carbonyl (C=O) groups is 1. The first-order valence-corrected chi connectivity index (χ1v) is 7.58.